The minimum Gasteiger partial charge on any atom is -0.465 e. The van der Waals surface area contributed by atoms with Crippen LogP contribution in [-0.4, -0.2) is 18.5 Å². The van der Waals surface area contributed by atoms with Crippen molar-refractivity contribution < 1.29 is 23.5 Å². The van der Waals surface area contributed by atoms with Crippen LogP contribution in [0.4, 0.5) is 4.39 Å². The maximum absolute atomic E-state index is 13.8. The molecule has 0 radical (unpaired) electrons. The second-order valence-corrected chi connectivity index (χ2v) is 7.93. The largest absolute Gasteiger partial charge is 0.465 e. The highest BCUT2D eigenvalue weighted by atomic mass is 19.1. The van der Waals surface area contributed by atoms with Gasteiger partial charge >= 0.3 is 11.9 Å². The summed E-state index contributed by atoms with van der Waals surface area (Å²) in [5.74, 6) is -2.14. The highest BCUT2D eigenvalue weighted by Gasteiger charge is 2.46. The first-order valence-electron chi connectivity index (χ1n) is 11.7. The molecule has 0 spiro atoms. The summed E-state index contributed by atoms with van der Waals surface area (Å²) < 4.78 is 24.4. The third-order valence-electron chi connectivity index (χ3n) is 5.76. The lowest BCUT2D eigenvalue weighted by Gasteiger charge is -2.26. The van der Waals surface area contributed by atoms with Crippen molar-refractivity contribution in [2.75, 3.05) is 6.61 Å². The molecule has 0 aliphatic carbocycles. The van der Waals surface area contributed by atoms with E-state index in [4.69, 9.17) is 9.47 Å². The van der Waals surface area contributed by atoms with Gasteiger partial charge in [-0.3, -0.25) is 9.59 Å². The van der Waals surface area contributed by atoms with Crippen molar-refractivity contribution in [1.29, 1.82) is 0 Å². The predicted molar refractivity (Wildman–Crippen MR) is 118 cm³/mol. The molecular weight excluding hydrogens is 383 g/mol. The molecule has 0 N–H and O–H groups in total. The van der Waals surface area contributed by atoms with E-state index in [1.54, 1.807) is 19.9 Å². The molecule has 0 aromatic heterocycles. The Morgan fingerprint density at radius 2 is 1.33 bits per heavy atom. The van der Waals surface area contributed by atoms with Gasteiger partial charge in [0.05, 0.1) is 6.61 Å². The number of unbranched alkanes of at least 4 members (excludes halogenated alkanes) is 9. The van der Waals surface area contributed by atoms with E-state index >= 15 is 0 Å². The van der Waals surface area contributed by atoms with Gasteiger partial charge in [0.2, 0.25) is 0 Å². The number of para-hydroxylation sites is 1. The monoisotopic (exact) mass is 422 g/mol. The molecule has 1 aromatic carbocycles. The van der Waals surface area contributed by atoms with Crippen molar-refractivity contribution in [2.24, 2.45) is 5.41 Å². The summed E-state index contributed by atoms with van der Waals surface area (Å²) in [5, 5.41) is 0. The molecule has 0 saturated heterocycles. The van der Waals surface area contributed by atoms with Gasteiger partial charge in [0.1, 0.15) is 0 Å². The molecule has 170 valence electrons. The Kier molecular flexibility index (Phi) is 13.0. The van der Waals surface area contributed by atoms with E-state index in [0.29, 0.717) is 6.61 Å². The van der Waals surface area contributed by atoms with Crippen molar-refractivity contribution in [3.63, 3.8) is 0 Å². The Balaban J connectivity index is 2.37. The standard InChI is InChI=1S/C25H39FO4/c1-4-7-8-9-10-11-12-13-14-17-20-29-23(27)25(5-2,6-3)24(28)30-22-19-16-15-18-21(22)26/h15-16,18-19H,4-14,17,20H2,1-3H3. The van der Waals surface area contributed by atoms with Gasteiger partial charge in [0.25, 0.3) is 0 Å². The van der Waals surface area contributed by atoms with Crippen molar-refractivity contribution in [2.45, 2.75) is 97.8 Å². The average Bonchev–Trinajstić information content (AvgIpc) is 2.75. The van der Waals surface area contributed by atoms with Gasteiger partial charge in [-0.2, -0.15) is 0 Å². The maximum Gasteiger partial charge on any atom is 0.328 e. The zero-order chi connectivity index (χ0) is 22.2. The minimum atomic E-state index is -1.40. The summed E-state index contributed by atoms with van der Waals surface area (Å²) in [5.41, 5.74) is -1.40. The predicted octanol–water partition coefficient (Wildman–Crippen LogP) is 7.00. The van der Waals surface area contributed by atoms with Crippen LogP contribution >= 0.6 is 0 Å². The summed E-state index contributed by atoms with van der Waals surface area (Å²) in [6.45, 7) is 6.01. The molecule has 30 heavy (non-hydrogen) atoms. The number of ether oxygens (including phenoxy) is 2. The normalized spacial score (nSPS) is 11.3. The van der Waals surface area contributed by atoms with E-state index in [-0.39, 0.29) is 18.6 Å². The number of hydrogen-bond donors (Lipinski definition) is 0. The molecular formula is C25H39FO4. The van der Waals surface area contributed by atoms with Crippen LogP contribution in [0.3, 0.4) is 0 Å². The number of carbonyl (C=O) groups excluding carboxylic acids is 2. The SMILES string of the molecule is CCCCCCCCCCCCOC(=O)C(CC)(CC)C(=O)Oc1ccccc1F. The maximum atomic E-state index is 13.8. The Morgan fingerprint density at radius 3 is 1.87 bits per heavy atom. The van der Waals surface area contributed by atoms with E-state index < -0.39 is 23.2 Å². The van der Waals surface area contributed by atoms with Gasteiger partial charge in [0.15, 0.2) is 17.0 Å². The average molecular weight is 423 g/mol. The fourth-order valence-corrected chi connectivity index (χ4v) is 3.53. The molecule has 0 saturated carbocycles. The van der Waals surface area contributed by atoms with Crippen LogP contribution in [0.15, 0.2) is 24.3 Å². The molecule has 0 aliphatic heterocycles. The number of esters is 2. The van der Waals surface area contributed by atoms with Crippen LogP contribution in [0, 0.1) is 11.2 Å². The van der Waals surface area contributed by atoms with Crippen molar-refractivity contribution in [3.05, 3.63) is 30.1 Å². The lowest BCUT2D eigenvalue weighted by molar-refractivity contribution is -0.168. The smallest absolute Gasteiger partial charge is 0.328 e. The highest BCUT2D eigenvalue weighted by Crippen LogP contribution is 2.31. The van der Waals surface area contributed by atoms with E-state index in [9.17, 15) is 14.0 Å². The van der Waals surface area contributed by atoms with E-state index in [1.807, 2.05) is 0 Å². The minimum absolute atomic E-state index is 0.170. The van der Waals surface area contributed by atoms with Crippen LogP contribution in [0.25, 0.3) is 0 Å². The summed E-state index contributed by atoms with van der Waals surface area (Å²) in [7, 11) is 0. The fraction of sp³-hybridized carbons (Fsp3) is 0.680. The van der Waals surface area contributed by atoms with Crippen LogP contribution in [-0.2, 0) is 14.3 Å². The summed E-state index contributed by atoms with van der Waals surface area (Å²) >= 11 is 0. The number of benzene rings is 1. The van der Waals surface area contributed by atoms with Crippen LogP contribution < -0.4 is 4.74 Å². The van der Waals surface area contributed by atoms with Gasteiger partial charge in [-0.25, -0.2) is 4.39 Å². The van der Waals surface area contributed by atoms with Gasteiger partial charge in [-0.1, -0.05) is 90.7 Å². The number of carbonyl (C=O) groups is 2. The third kappa shape index (κ3) is 8.45. The number of rotatable bonds is 16. The number of hydrogen-bond acceptors (Lipinski definition) is 4. The molecule has 1 aromatic rings. The van der Waals surface area contributed by atoms with Crippen molar-refractivity contribution >= 4 is 11.9 Å². The van der Waals surface area contributed by atoms with Gasteiger partial charge < -0.3 is 9.47 Å². The molecule has 0 heterocycles. The molecule has 0 fully saturated rings. The first kappa shape index (κ1) is 26.1. The molecule has 1 rings (SSSR count). The molecule has 0 aliphatic rings. The first-order valence-corrected chi connectivity index (χ1v) is 11.7. The molecule has 0 unspecified atom stereocenters. The molecule has 0 amide bonds. The van der Waals surface area contributed by atoms with Crippen LogP contribution in [0.2, 0.25) is 0 Å². The van der Waals surface area contributed by atoms with Crippen LogP contribution in [0.1, 0.15) is 97.8 Å². The quantitative estimate of drug-likeness (QED) is 0.124. The summed E-state index contributed by atoms with van der Waals surface area (Å²) in [6.07, 6.45) is 12.5. The zero-order valence-corrected chi connectivity index (χ0v) is 19.0. The van der Waals surface area contributed by atoms with Gasteiger partial charge in [-0.05, 0) is 31.4 Å². The van der Waals surface area contributed by atoms with E-state index in [1.165, 1.54) is 63.1 Å². The Labute approximate surface area is 181 Å². The van der Waals surface area contributed by atoms with Gasteiger partial charge in [-0.15, -0.1) is 0 Å². The van der Waals surface area contributed by atoms with E-state index in [2.05, 4.69) is 6.92 Å². The van der Waals surface area contributed by atoms with Crippen LogP contribution in [0.5, 0.6) is 5.75 Å². The highest BCUT2D eigenvalue weighted by molar-refractivity contribution is 6.00. The van der Waals surface area contributed by atoms with E-state index in [0.717, 1.165) is 19.3 Å². The fourth-order valence-electron chi connectivity index (χ4n) is 3.53. The van der Waals surface area contributed by atoms with Crippen molar-refractivity contribution in [3.8, 4) is 5.75 Å². The van der Waals surface area contributed by atoms with Crippen molar-refractivity contribution in [1.82, 2.24) is 0 Å². The lowest BCUT2D eigenvalue weighted by atomic mass is 9.82. The Morgan fingerprint density at radius 1 is 0.800 bits per heavy atom. The molecule has 0 bridgehead atoms. The Bertz CT molecular complexity index is 625. The molecule has 5 heteroatoms. The topological polar surface area (TPSA) is 52.6 Å². The first-order chi connectivity index (χ1) is 14.5. The second-order valence-electron chi connectivity index (χ2n) is 7.93. The third-order valence-corrected chi connectivity index (χ3v) is 5.76. The summed E-state index contributed by atoms with van der Waals surface area (Å²) in [6, 6.07) is 5.68. The summed E-state index contributed by atoms with van der Waals surface area (Å²) in [4.78, 5) is 25.4. The zero-order valence-electron chi connectivity index (χ0n) is 19.0. The molecule has 4 nitrogen and oxygen atoms in total. The lowest BCUT2D eigenvalue weighted by Crippen LogP contribution is -2.42. The second kappa shape index (κ2) is 15.0. The molecule has 0 atom stereocenters. The number of halogens is 1. The Hall–Kier alpha value is -1.91. The van der Waals surface area contributed by atoms with Gasteiger partial charge in [0, 0.05) is 0 Å².